The van der Waals surface area contributed by atoms with Crippen LogP contribution in [0.4, 0.5) is 26.4 Å². The highest BCUT2D eigenvalue weighted by atomic mass is 19.1. The van der Waals surface area contributed by atoms with Crippen molar-refractivity contribution in [3.05, 3.63) is 54.4 Å². The molecule has 2 heterocycles. The molecule has 0 amide bonds. The number of hydrogen-bond donors (Lipinski definition) is 3. The van der Waals surface area contributed by atoms with Gasteiger partial charge in [-0.15, -0.1) is 0 Å². The predicted molar refractivity (Wildman–Crippen MR) is 97.5 cm³/mol. The molecule has 0 spiro atoms. The Kier molecular flexibility index (Phi) is 5.22. The van der Waals surface area contributed by atoms with Gasteiger partial charge in [-0.2, -0.15) is 19.3 Å². The molecule has 3 aromatic rings. The fraction of sp³-hybridized carbons (Fsp3) is 0.222. The maximum atomic E-state index is 14.2. The first-order chi connectivity index (χ1) is 12.8. The minimum Gasteiger partial charge on any atom is -0.389 e. The van der Waals surface area contributed by atoms with E-state index in [1.165, 1.54) is 18.3 Å². The predicted octanol–water partition coefficient (Wildman–Crippen LogP) is 3.14. The van der Waals surface area contributed by atoms with Crippen molar-refractivity contribution in [1.82, 2.24) is 19.9 Å². The van der Waals surface area contributed by atoms with Gasteiger partial charge in [0.05, 0.1) is 11.2 Å². The third-order valence-corrected chi connectivity index (χ3v) is 3.41. The number of aromatic nitrogens is 4. The zero-order valence-electron chi connectivity index (χ0n) is 14.7. The van der Waals surface area contributed by atoms with E-state index in [0.29, 0.717) is 5.69 Å². The Labute approximate surface area is 154 Å². The summed E-state index contributed by atoms with van der Waals surface area (Å²) in [7, 11) is 0. The van der Waals surface area contributed by atoms with Crippen LogP contribution < -0.4 is 10.6 Å². The van der Waals surface area contributed by atoms with E-state index in [9.17, 15) is 13.9 Å². The average molecular weight is 372 g/mol. The lowest BCUT2D eigenvalue weighted by Crippen LogP contribution is -2.30. The van der Waals surface area contributed by atoms with Crippen LogP contribution >= 0.6 is 0 Å². The lowest BCUT2D eigenvalue weighted by atomic mass is 10.1. The topological polar surface area (TPSA) is 95.8 Å². The van der Waals surface area contributed by atoms with E-state index in [1.807, 2.05) is 0 Å². The Morgan fingerprint density at radius 3 is 2.48 bits per heavy atom. The molecule has 2 aromatic heterocycles. The van der Waals surface area contributed by atoms with E-state index in [0.717, 1.165) is 0 Å². The molecular weight excluding hydrogens is 354 g/mol. The lowest BCUT2D eigenvalue weighted by Gasteiger charge is -2.18. The summed E-state index contributed by atoms with van der Waals surface area (Å²) in [6, 6.07) is 8.79. The van der Waals surface area contributed by atoms with Gasteiger partial charge >= 0.3 is 0 Å². The molecule has 7 nitrogen and oxygen atoms in total. The molecule has 0 saturated heterocycles. The average Bonchev–Trinajstić information content (AvgIpc) is 2.60. The number of hydrogen-bond acceptors (Lipinski definition) is 7. The number of nitrogens with one attached hydrogen (secondary N) is 2. The van der Waals surface area contributed by atoms with Crippen LogP contribution in [0, 0.1) is 11.8 Å². The van der Waals surface area contributed by atoms with Crippen LogP contribution in [-0.2, 0) is 0 Å². The van der Waals surface area contributed by atoms with Crippen molar-refractivity contribution in [2.24, 2.45) is 0 Å². The molecule has 0 aliphatic carbocycles. The molecule has 0 atom stereocenters. The van der Waals surface area contributed by atoms with Gasteiger partial charge in [-0.25, -0.2) is 9.37 Å². The first-order valence-corrected chi connectivity index (χ1v) is 8.16. The zero-order chi connectivity index (χ0) is 19.4. The van der Waals surface area contributed by atoms with Crippen LogP contribution in [0.15, 0.2) is 42.6 Å². The van der Waals surface area contributed by atoms with Crippen molar-refractivity contribution < 1.29 is 13.9 Å². The summed E-state index contributed by atoms with van der Waals surface area (Å²) in [6.45, 7) is 3.41. The van der Waals surface area contributed by atoms with E-state index in [2.05, 4.69) is 30.6 Å². The fourth-order valence-corrected chi connectivity index (χ4v) is 2.18. The van der Waals surface area contributed by atoms with Gasteiger partial charge in [-0.05, 0) is 32.0 Å². The van der Waals surface area contributed by atoms with Crippen LogP contribution in [0.5, 0.6) is 0 Å². The first-order valence-electron chi connectivity index (χ1n) is 8.16. The van der Waals surface area contributed by atoms with Gasteiger partial charge in [0, 0.05) is 24.5 Å². The van der Waals surface area contributed by atoms with Crippen molar-refractivity contribution in [2.45, 2.75) is 19.4 Å². The van der Waals surface area contributed by atoms with Crippen molar-refractivity contribution in [1.29, 1.82) is 0 Å². The summed E-state index contributed by atoms with van der Waals surface area (Å²) in [5, 5.41) is 15.6. The molecule has 0 aliphatic rings. The monoisotopic (exact) mass is 372 g/mol. The SMILES string of the molecule is CC(C)(O)CNc1nc(Nc2ccnc(F)c2)nc(-c2ccccc2F)n1. The minimum atomic E-state index is -1.01. The number of rotatable bonds is 6. The van der Waals surface area contributed by atoms with Crippen molar-refractivity contribution in [3.63, 3.8) is 0 Å². The minimum absolute atomic E-state index is 0.0899. The largest absolute Gasteiger partial charge is 0.389 e. The molecule has 0 aliphatic heterocycles. The maximum absolute atomic E-state index is 14.2. The van der Waals surface area contributed by atoms with Crippen LogP contribution in [0.25, 0.3) is 11.4 Å². The standard InChI is InChI=1S/C18H18F2N6O/c1-18(2,27)10-22-16-24-15(12-5-3-4-6-13(12)19)25-17(26-16)23-11-7-8-21-14(20)9-11/h3-9,27H,10H2,1-2H3,(H2,21,22,23,24,25,26). The number of pyridine rings is 1. The number of halogens is 2. The Bertz CT molecular complexity index is 945. The van der Waals surface area contributed by atoms with Gasteiger partial charge in [-0.1, -0.05) is 12.1 Å². The summed E-state index contributed by atoms with van der Waals surface area (Å²) in [5.41, 5.74) is -0.441. The molecule has 3 N–H and O–H groups in total. The van der Waals surface area contributed by atoms with Crippen LogP contribution in [-0.4, -0.2) is 37.2 Å². The highest BCUT2D eigenvalue weighted by Crippen LogP contribution is 2.22. The number of nitrogens with zero attached hydrogens (tertiary/aromatic N) is 4. The van der Waals surface area contributed by atoms with Gasteiger partial charge in [0.2, 0.25) is 17.8 Å². The highest BCUT2D eigenvalue weighted by Gasteiger charge is 2.16. The molecule has 0 bridgehead atoms. The molecular formula is C18H18F2N6O. The number of aliphatic hydroxyl groups is 1. The quantitative estimate of drug-likeness (QED) is 0.572. The van der Waals surface area contributed by atoms with Crippen LogP contribution in [0.3, 0.4) is 0 Å². The summed E-state index contributed by atoms with van der Waals surface area (Å²) in [5.74, 6) is -0.824. The third kappa shape index (κ3) is 5.14. The van der Waals surface area contributed by atoms with Crippen LogP contribution in [0.1, 0.15) is 13.8 Å². The second kappa shape index (κ2) is 7.58. The second-order valence-corrected chi connectivity index (χ2v) is 6.44. The number of anilines is 3. The van der Waals surface area contributed by atoms with Gasteiger partial charge in [0.25, 0.3) is 0 Å². The van der Waals surface area contributed by atoms with E-state index in [-0.39, 0.29) is 29.8 Å². The Balaban J connectivity index is 1.98. The number of benzene rings is 1. The normalized spacial score (nSPS) is 11.3. The Morgan fingerprint density at radius 2 is 1.78 bits per heavy atom. The van der Waals surface area contributed by atoms with E-state index < -0.39 is 17.4 Å². The van der Waals surface area contributed by atoms with Crippen molar-refractivity contribution in [3.8, 4) is 11.4 Å². The van der Waals surface area contributed by atoms with Gasteiger partial charge in [0.15, 0.2) is 5.82 Å². The highest BCUT2D eigenvalue weighted by molar-refractivity contribution is 5.61. The van der Waals surface area contributed by atoms with E-state index in [4.69, 9.17) is 0 Å². The molecule has 3 rings (SSSR count). The molecule has 140 valence electrons. The van der Waals surface area contributed by atoms with Crippen molar-refractivity contribution in [2.75, 3.05) is 17.2 Å². The molecule has 0 radical (unpaired) electrons. The molecule has 0 unspecified atom stereocenters. The maximum Gasteiger partial charge on any atom is 0.232 e. The van der Waals surface area contributed by atoms with Crippen molar-refractivity contribution >= 4 is 17.6 Å². The van der Waals surface area contributed by atoms with Gasteiger partial charge < -0.3 is 15.7 Å². The molecule has 1 aromatic carbocycles. The summed E-state index contributed by atoms with van der Waals surface area (Å²) >= 11 is 0. The Morgan fingerprint density at radius 1 is 1.04 bits per heavy atom. The van der Waals surface area contributed by atoms with Gasteiger partial charge in [0.1, 0.15) is 5.82 Å². The lowest BCUT2D eigenvalue weighted by molar-refractivity contribution is 0.0943. The molecule has 9 heteroatoms. The zero-order valence-corrected chi connectivity index (χ0v) is 14.7. The summed E-state index contributed by atoms with van der Waals surface area (Å²) in [6.07, 6.45) is 1.30. The molecule has 27 heavy (non-hydrogen) atoms. The smallest absolute Gasteiger partial charge is 0.232 e. The first kappa shape index (κ1) is 18.6. The summed E-state index contributed by atoms with van der Waals surface area (Å²) in [4.78, 5) is 16.1. The van der Waals surface area contributed by atoms with Crippen LogP contribution in [0.2, 0.25) is 0 Å². The molecule has 0 saturated carbocycles. The second-order valence-electron chi connectivity index (χ2n) is 6.44. The summed E-state index contributed by atoms with van der Waals surface area (Å²) < 4.78 is 27.5. The third-order valence-electron chi connectivity index (χ3n) is 3.41. The van der Waals surface area contributed by atoms with E-state index in [1.54, 1.807) is 38.1 Å². The van der Waals surface area contributed by atoms with Gasteiger partial charge in [-0.3, -0.25) is 0 Å². The Hall–Kier alpha value is -3.20. The van der Waals surface area contributed by atoms with E-state index >= 15 is 0 Å². The molecule has 0 fully saturated rings. The fourth-order valence-electron chi connectivity index (χ4n) is 2.18.